The van der Waals surface area contributed by atoms with Crippen molar-refractivity contribution in [2.75, 3.05) is 6.54 Å². The summed E-state index contributed by atoms with van der Waals surface area (Å²) in [5, 5.41) is 4.22. The van der Waals surface area contributed by atoms with Gasteiger partial charge in [-0.05, 0) is 30.9 Å². The lowest BCUT2D eigenvalue weighted by atomic mass is 10.0. The fourth-order valence-electron chi connectivity index (χ4n) is 2.50. The van der Waals surface area contributed by atoms with Gasteiger partial charge in [0.15, 0.2) is 0 Å². The second-order valence-corrected chi connectivity index (χ2v) is 5.70. The van der Waals surface area contributed by atoms with Crippen LogP contribution < -0.4 is 11.1 Å². The number of H-pyrrole nitrogens is 1. The molecule has 0 saturated heterocycles. The molecule has 1 amide bonds. The van der Waals surface area contributed by atoms with Crippen molar-refractivity contribution in [2.45, 2.75) is 39.7 Å². The largest absolute Gasteiger partial charge is 0.361 e. The third-order valence-electron chi connectivity index (χ3n) is 4.16. The SMILES string of the molecule is CCc1cccc2c(CCNC(=O)C(C)C(C)N)c[nH]c12. The summed E-state index contributed by atoms with van der Waals surface area (Å²) in [6.07, 6.45) is 3.88. The molecule has 1 heterocycles. The van der Waals surface area contributed by atoms with Crippen LogP contribution in [0.25, 0.3) is 10.9 Å². The predicted molar refractivity (Wildman–Crippen MR) is 87.2 cm³/mol. The number of fused-ring (bicyclic) bond motifs is 1. The van der Waals surface area contributed by atoms with Gasteiger partial charge in [0.25, 0.3) is 0 Å². The van der Waals surface area contributed by atoms with Gasteiger partial charge in [-0.15, -0.1) is 0 Å². The van der Waals surface area contributed by atoms with Crippen LogP contribution in [0.1, 0.15) is 31.9 Å². The molecule has 4 N–H and O–H groups in total. The van der Waals surface area contributed by atoms with Crippen LogP contribution in [-0.2, 0) is 17.6 Å². The summed E-state index contributed by atoms with van der Waals surface area (Å²) in [4.78, 5) is 15.2. The molecule has 2 unspecified atom stereocenters. The zero-order valence-electron chi connectivity index (χ0n) is 13.1. The monoisotopic (exact) mass is 287 g/mol. The number of carbonyl (C=O) groups excluding carboxylic acids is 1. The number of aryl methyl sites for hydroxylation is 1. The number of nitrogens with two attached hydrogens (primary N) is 1. The molecule has 0 saturated carbocycles. The van der Waals surface area contributed by atoms with Gasteiger partial charge >= 0.3 is 0 Å². The highest BCUT2D eigenvalue weighted by molar-refractivity contribution is 5.86. The van der Waals surface area contributed by atoms with Crippen LogP contribution in [0.2, 0.25) is 0 Å². The zero-order valence-corrected chi connectivity index (χ0v) is 13.1. The maximum absolute atomic E-state index is 11.9. The molecule has 21 heavy (non-hydrogen) atoms. The Labute approximate surface area is 126 Å². The Morgan fingerprint density at radius 2 is 2.10 bits per heavy atom. The third-order valence-corrected chi connectivity index (χ3v) is 4.16. The molecule has 0 spiro atoms. The molecule has 0 radical (unpaired) electrons. The molecule has 2 rings (SSSR count). The lowest BCUT2D eigenvalue weighted by Crippen LogP contribution is -2.39. The molecule has 0 bridgehead atoms. The van der Waals surface area contributed by atoms with Gasteiger partial charge in [0.2, 0.25) is 5.91 Å². The maximum atomic E-state index is 11.9. The second-order valence-electron chi connectivity index (χ2n) is 5.70. The summed E-state index contributed by atoms with van der Waals surface area (Å²) in [5.74, 6) is -0.126. The van der Waals surface area contributed by atoms with E-state index in [-0.39, 0.29) is 17.9 Å². The van der Waals surface area contributed by atoms with Crippen LogP contribution in [0.15, 0.2) is 24.4 Å². The van der Waals surface area contributed by atoms with Crippen molar-refractivity contribution in [2.24, 2.45) is 11.7 Å². The summed E-state index contributed by atoms with van der Waals surface area (Å²) in [5.41, 5.74) is 9.53. The third kappa shape index (κ3) is 3.45. The molecule has 2 aromatic rings. The van der Waals surface area contributed by atoms with Gasteiger partial charge < -0.3 is 16.0 Å². The Bertz CT molecular complexity index is 616. The van der Waals surface area contributed by atoms with Gasteiger partial charge in [-0.25, -0.2) is 0 Å². The fourth-order valence-corrected chi connectivity index (χ4v) is 2.50. The van der Waals surface area contributed by atoms with Crippen LogP contribution in [0.3, 0.4) is 0 Å². The van der Waals surface area contributed by atoms with Crippen LogP contribution in [0.5, 0.6) is 0 Å². The molecular formula is C17H25N3O. The number of carbonyl (C=O) groups is 1. The quantitative estimate of drug-likeness (QED) is 0.763. The standard InChI is InChI=1S/C17H25N3O/c1-4-13-6-5-7-15-14(10-20-16(13)15)8-9-19-17(21)11(2)12(3)18/h5-7,10-12,20H,4,8-9,18H2,1-3H3,(H,19,21). The Balaban J connectivity index is 2.00. The first-order valence-electron chi connectivity index (χ1n) is 7.65. The Hall–Kier alpha value is -1.81. The predicted octanol–water partition coefficient (Wildman–Crippen LogP) is 2.37. The smallest absolute Gasteiger partial charge is 0.224 e. The van der Waals surface area contributed by atoms with Gasteiger partial charge in [-0.1, -0.05) is 32.0 Å². The number of hydrogen-bond acceptors (Lipinski definition) is 2. The van der Waals surface area contributed by atoms with E-state index in [1.165, 1.54) is 22.0 Å². The van der Waals surface area contributed by atoms with Crippen molar-refractivity contribution in [3.8, 4) is 0 Å². The van der Waals surface area contributed by atoms with Crippen molar-refractivity contribution < 1.29 is 4.79 Å². The molecule has 0 aliphatic rings. The average Bonchev–Trinajstić information content (AvgIpc) is 2.89. The number of aromatic amines is 1. The lowest BCUT2D eigenvalue weighted by molar-refractivity contribution is -0.124. The van der Waals surface area contributed by atoms with Crippen LogP contribution in [0, 0.1) is 5.92 Å². The lowest BCUT2D eigenvalue weighted by Gasteiger charge is -2.15. The maximum Gasteiger partial charge on any atom is 0.224 e. The van der Waals surface area contributed by atoms with Crippen molar-refractivity contribution in [3.63, 3.8) is 0 Å². The van der Waals surface area contributed by atoms with Gasteiger partial charge in [0, 0.05) is 35.6 Å². The second kappa shape index (κ2) is 6.76. The minimum Gasteiger partial charge on any atom is -0.361 e. The number of amides is 1. The molecule has 0 aliphatic carbocycles. The molecule has 0 aliphatic heterocycles. The van der Waals surface area contributed by atoms with Gasteiger partial charge in [0.1, 0.15) is 0 Å². The highest BCUT2D eigenvalue weighted by Crippen LogP contribution is 2.22. The van der Waals surface area contributed by atoms with E-state index < -0.39 is 0 Å². The number of aromatic nitrogens is 1. The highest BCUT2D eigenvalue weighted by Gasteiger charge is 2.16. The van der Waals surface area contributed by atoms with Gasteiger partial charge in [-0.2, -0.15) is 0 Å². The van der Waals surface area contributed by atoms with E-state index in [2.05, 4.69) is 35.4 Å². The summed E-state index contributed by atoms with van der Waals surface area (Å²) >= 11 is 0. The van der Waals surface area contributed by atoms with E-state index in [0.717, 1.165) is 12.8 Å². The van der Waals surface area contributed by atoms with Crippen LogP contribution in [0.4, 0.5) is 0 Å². The number of hydrogen-bond donors (Lipinski definition) is 3. The minimum absolute atomic E-state index is 0.0269. The molecule has 2 atom stereocenters. The summed E-state index contributed by atoms with van der Waals surface area (Å²) in [6, 6.07) is 6.25. The summed E-state index contributed by atoms with van der Waals surface area (Å²) in [7, 11) is 0. The zero-order chi connectivity index (χ0) is 15.4. The van der Waals surface area contributed by atoms with Crippen molar-refractivity contribution in [3.05, 3.63) is 35.5 Å². The van der Waals surface area contributed by atoms with E-state index in [9.17, 15) is 4.79 Å². The fraction of sp³-hybridized carbons (Fsp3) is 0.471. The van der Waals surface area contributed by atoms with E-state index in [4.69, 9.17) is 5.73 Å². The number of rotatable bonds is 6. The van der Waals surface area contributed by atoms with Crippen molar-refractivity contribution in [1.82, 2.24) is 10.3 Å². The first-order valence-corrected chi connectivity index (χ1v) is 7.65. The van der Waals surface area contributed by atoms with E-state index in [0.29, 0.717) is 6.54 Å². The van der Waals surface area contributed by atoms with E-state index in [1.54, 1.807) is 0 Å². The molecule has 4 nitrogen and oxygen atoms in total. The Kier molecular flexibility index (Phi) is 5.02. The molecule has 1 aromatic carbocycles. The summed E-state index contributed by atoms with van der Waals surface area (Å²) in [6.45, 7) is 6.51. The van der Waals surface area contributed by atoms with Crippen LogP contribution in [-0.4, -0.2) is 23.5 Å². The molecule has 114 valence electrons. The van der Waals surface area contributed by atoms with Crippen molar-refractivity contribution >= 4 is 16.8 Å². The molecule has 0 fully saturated rings. The number of nitrogens with one attached hydrogen (secondary N) is 2. The molecular weight excluding hydrogens is 262 g/mol. The topological polar surface area (TPSA) is 70.9 Å². The van der Waals surface area contributed by atoms with E-state index in [1.807, 2.05) is 20.0 Å². The normalized spacial score (nSPS) is 14.1. The van der Waals surface area contributed by atoms with Crippen molar-refractivity contribution in [1.29, 1.82) is 0 Å². The molecule has 1 aromatic heterocycles. The first-order chi connectivity index (χ1) is 10.0. The van der Waals surface area contributed by atoms with Gasteiger partial charge in [-0.3, -0.25) is 4.79 Å². The summed E-state index contributed by atoms with van der Waals surface area (Å²) < 4.78 is 0. The average molecular weight is 287 g/mol. The number of para-hydroxylation sites is 1. The highest BCUT2D eigenvalue weighted by atomic mass is 16.1. The first kappa shape index (κ1) is 15.6. The Morgan fingerprint density at radius 3 is 2.76 bits per heavy atom. The Morgan fingerprint density at radius 1 is 1.33 bits per heavy atom. The van der Waals surface area contributed by atoms with Gasteiger partial charge in [0.05, 0.1) is 0 Å². The van der Waals surface area contributed by atoms with E-state index >= 15 is 0 Å². The molecule has 4 heteroatoms. The number of benzene rings is 1. The van der Waals surface area contributed by atoms with Crippen LogP contribution >= 0.6 is 0 Å². The minimum atomic E-state index is -0.153.